The van der Waals surface area contributed by atoms with Crippen molar-refractivity contribution in [2.24, 2.45) is 0 Å². The number of rotatable bonds is 16. The number of unbranched alkanes of at least 4 members (excludes halogenated alkanes) is 2. The van der Waals surface area contributed by atoms with E-state index in [1.165, 1.54) is 52.3 Å². The Bertz CT molecular complexity index is 1580. The fourth-order valence-electron chi connectivity index (χ4n) is 5.20. The van der Waals surface area contributed by atoms with Gasteiger partial charge in [0.25, 0.3) is 0 Å². The van der Waals surface area contributed by atoms with E-state index in [1.807, 2.05) is 0 Å². The summed E-state index contributed by atoms with van der Waals surface area (Å²) in [6.07, 6.45) is -7.51. The molecule has 0 saturated carbocycles. The highest BCUT2D eigenvalue weighted by atomic mass is 19.4. The Kier molecular flexibility index (Phi) is 13.7. The molecule has 0 aliphatic rings. The van der Waals surface area contributed by atoms with E-state index in [2.05, 4.69) is 13.2 Å². The van der Waals surface area contributed by atoms with Crippen molar-refractivity contribution in [3.05, 3.63) is 95.1 Å². The zero-order chi connectivity index (χ0) is 37.2. The topological polar surface area (TPSA) is 71.1 Å². The number of hydrogen-bond acceptors (Lipinski definition) is 6. The molecule has 6 nitrogen and oxygen atoms in total. The summed E-state index contributed by atoms with van der Waals surface area (Å²) in [4.78, 5) is 23.2. The molecule has 0 N–H and O–H groups in total. The summed E-state index contributed by atoms with van der Waals surface area (Å²) in [6.45, 7) is 10.3. The van der Waals surface area contributed by atoms with E-state index >= 15 is 0 Å². The summed E-state index contributed by atoms with van der Waals surface area (Å²) in [6, 6.07) is 9.87. The predicted octanol–water partition coefficient (Wildman–Crippen LogP) is 9.96. The second kappa shape index (κ2) is 17.3. The van der Waals surface area contributed by atoms with Crippen molar-refractivity contribution in [2.45, 2.75) is 64.7 Å². The molecular weight excluding hydrogens is 666 g/mol. The molecule has 0 spiro atoms. The molecule has 12 heteroatoms. The summed E-state index contributed by atoms with van der Waals surface area (Å²) in [5.74, 6) is -1.15. The Morgan fingerprint density at radius 2 is 0.940 bits per heavy atom. The molecule has 0 radical (unpaired) electrons. The molecule has 0 unspecified atom stereocenters. The van der Waals surface area contributed by atoms with Gasteiger partial charge >= 0.3 is 24.3 Å². The summed E-state index contributed by atoms with van der Waals surface area (Å²) in [5.41, 5.74) is -2.66. The van der Waals surface area contributed by atoms with Crippen LogP contribution in [-0.4, -0.2) is 39.4 Å². The van der Waals surface area contributed by atoms with E-state index in [4.69, 9.17) is 18.9 Å². The molecule has 0 atom stereocenters. The average molecular weight is 707 g/mol. The van der Waals surface area contributed by atoms with Gasteiger partial charge in [0.2, 0.25) is 0 Å². The number of benzene rings is 3. The minimum Gasteiger partial charge on any atom is -0.496 e. The molecule has 0 aliphatic heterocycles. The molecule has 0 saturated heterocycles. The molecule has 0 aliphatic carbocycles. The zero-order valence-corrected chi connectivity index (χ0v) is 28.4. The molecule has 0 fully saturated rings. The molecule has 3 rings (SSSR count). The normalized spacial score (nSPS) is 11.6. The van der Waals surface area contributed by atoms with Gasteiger partial charge in [-0.25, -0.2) is 9.59 Å². The Hall–Kier alpha value is -4.74. The first-order valence-electron chi connectivity index (χ1n) is 15.8. The molecule has 0 heterocycles. The first-order chi connectivity index (χ1) is 23.5. The lowest BCUT2D eigenvalue weighted by atomic mass is 9.88. The van der Waals surface area contributed by atoms with Gasteiger partial charge in [0.15, 0.2) is 0 Å². The third kappa shape index (κ3) is 10.6. The van der Waals surface area contributed by atoms with Crippen molar-refractivity contribution in [3.63, 3.8) is 0 Å². The predicted molar refractivity (Wildman–Crippen MR) is 178 cm³/mol. The standard InChI is InChI=1S/C38H40F6O6/c1-23(2)35(45)49-17-9-7-11-25-13-15-33(47-5)29(19-25)27-21-32(38(42,43)44)28(22-31(27)37(39,40)41)30-20-26(14-16-34(30)48-6)12-8-10-18-50-36(46)24(3)4/h13-16,19-22H,1,3,7-12,17-18H2,2,4-6H3. The van der Waals surface area contributed by atoms with Gasteiger partial charge < -0.3 is 18.9 Å². The van der Waals surface area contributed by atoms with Crippen LogP contribution >= 0.6 is 0 Å². The minimum atomic E-state index is -5.05. The summed E-state index contributed by atoms with van der Waals surface area (Å²) in [7, 11) is 2.45. The number of halogens is 6. The second-order valence-corrected chi connectivity index (χ2v) is 11.8. The summed E-state index contributed by atoms with van der Waals surface area (Å²) in [5, 5.41) is 0. The number of esters is 2. The van der Waals surface area contributed by atoms with Crippen molar-refractivity contribution in [3.8, 4) is 33.8 Å². The number of alkyl halides is 6. The lowest BCUT2D eigenvalue weighted by Crippen LogP contribution is -2.14. The van der Waals surface area contributed by atoms with Crippen LogP contribution in [0.25, 0.3) is 22.3 Å². The molecule has 3 aromatic rings. The molecule has 0 amide bonds. The minimum absolute atomic E-state index is 0.0379. The van der Waals surface area contributed by atoms with E-state index in [0.717, 1.165) is 0 Å². The van der Waals surface area contributed by atoms with Crippen LogP contribution in [0.5, 0.6) is 11.5 Å². The third-order valence-corrected chi connectivity index (χ3v) is 7.76. The van der Waals surface area contributed by atoms with E-state index in [9.17, 15) is 35.9 Å². The Morgan fingerprint density at radius 3 is 1.24 bits per heavy atom. The van der Waals surface area contributed by atoms with Crippen molar-refractivity contribution in [2.75, 3.05) is 27.4 Å². The average Bonchev–Trinajstić information content (AvgIpc) is 3.06. The van der Waals surface area contributed by atoms with Gasteiger partial charge in [0.1, 0.15) is 11.5 Å². The van der Waals surface area contributed by atoms with Gasteiger partial charge in [-0.15, -0.1) is 0 Å². The summed E-state index contributed by atoms with van der Waals surface area (Å²) < 4.78 is 109. The van der Waals surface area contributed by atoms with Gasteiger partial charge in [-0.05, 0) is 111 Å². The molecule has 3 aromatic carbocycles. The van der Waals surface area contributed by atoms with E-state index in [1.54, 1.807) is 12.1 Å². The number of methoxy groups -OCH3 is 2. The SMILES string of the molecule is C=C(C)C(=O)OCCCCc1ccc(OC)c(-c2cc(C(F)(F)F)c(-c3cc(CCCCOC(=O)C(=C)C)ccc3OC)cc2C(F)(F)F)c1. The molecule has 0 aromatic heterocycles. The Morgan fingerprint density at radius 1 is 0.580 bits per heavy atom. The molecule has 0 bridgehead atoms. The van der Waals surface area contributed by atoms with Crippen LogP contribution in [0.2, 0.25) is 0 Å². The fraction of sp³-hybridized carbons (Fsp3) is 0.368. The fourth-order valence-corrected chi connectivity index (χ4v) is 5.20. The smallest absolute Gasteiger partial charge is 0.417 e. The maximum Gasteiger partial charge on any atom is 0.417 e. The third-order valence-electron chi connectivity index (χ3n) is 7.76. The highest BCUT2D eigenvalue weighted by Crippen LogP contribution is 2.49. The maximum atomic E-state index is 14.8. The number of hydrogen-bond donors (Lipinski definition) is 0. The van der Waals surface area contributed by atoms with Crippen LogP contribution in [0.4, 0.5) is 26.3 Å². The van der Waals surface area contributed by atoms with Crippen molar-refractivity contribution >= 4 is 11.9 Å². The van der Waals surface area contributed by atoms with E-state index in [-0.39, 0.29) is 47.0 Å². The van der Waals surface area contributed by atoms with Crippen LogP contribution in [0.15, 0.2) is 72.8 Å². The van der Waals surface area contributed by atoms with Crippen LogP contribution in [0, 0.1) is 0 Å². The zero-order valence-electron chi connectivity index (χ0n) is 28.4. The number of carbonyl (C=O) groups excluding carboxylic acids is 2. The molecule has 270 valence electrons. The summed E-state index contributed by atoms with van der Waals surface area (Å²) >= 11 is 0. The molecule has 50 heavy (non-hydrogen) atoms. The quantitative estimate of drug-likeness (QED) is 0.0639. The van der Waals surface area contributed by atoms with Gasteiger partial charge in [-0.3, -0.25) is 0 Å². The first-order valence-corrected chi connectivity index (χ1v) is 15.8. The highest BCUT2D eigenvalue weighted by Gasteiger charge is 2.41. The van der Waals surface area contributed by atoms with Crippen LogP contribution in [0.1, 0.15) is 61.8 Å². The van der Waals surface area contributed by atoms with E-state index in [0.29, 0.717) is 61.8 Å². The number of ether oxygens (including phenoxy) is 4. The number of aryl methyl sites for hydroxylation is 2. The van der Waals surface area contributed by atoms with Crippen LogP contribution in [-0.2, 0) is 44.3 Å². The van der Waals surface area contributed by atoms with Crippen molar-refractivity contribution in [1.82, 2.24) is 0 Å². The second-order valence-electron chi connectivity index (χ2n) is 11.8. The largest absolute Gasteiger partial charge is 0.496 e. The van der Waals surface area contributed by atoms with Gasteiger partial charge in [0.05, 0.1) is 38.6 Å². The van der Waals surface area contributed by atoms with Gasteiger partial charge in [0, 0.05) is 22.3 Å². The van der Waals surface area contributed by atoms with Gasteiger partial charge in [-0.2, -0.15) is 26.3 Å². The van der Waals surface area contributed by atoms with Crippen molar-refractivity contribution < 1.29 is 54.9 Å². The lowest BCUT2D eigenvalue weighted by molar-refractivity contribution is -0.140. The maximum absolute atomic E-state index is 14.8. The highest BCUT2D eigenvalue weighted by molar-refractivity contribution is 5.87. The Balaban J connectivity index is 2.06. The van der Waals surface area contributed by atoms with Crippen LogP contribution in [0.3, 0.4) is 0 Å². The number of carbonyl (C=O) groups is 2. The molecular formula is C38H40F6O6. The first kappa shape index (κ1) is 39.7. The monoisotopic (exact) mass is 706 g/mol. The Labute approximate surface area is 287 Å². The van der Waals surface area contributed by atoms with Crippen molar-refractivity contribution in [1.29, 1.82) is 0 Å². The van der Waals surface area contributed by atoms with Gasteiger partial charge in [-0.1, -0.05) is 25.3 Å². The lowest BCUT2D eigenvalue weighted by Gasteiger charge is -2.22. The van der Waals surface area contributed by atoms with E-state index < -0.39 is 46.5 Å². The van der Waals surface area contributed by atoms with Crippen LogP contribution < -0.4 is 9.47 Å².